The number of rotatable bonds is 17. The smallest absolute Gasteiger partial charge is 0.0412 e. The van der Waals surface area contributed by atoms with E-state index < -0.39 is 0 Å². The minimum absolute atomic E-state index is 0.957. The fourth-order valence-corrected chi connectivity index (χ4v) is 3.78. The van der Waals surface area contributed by atoms with Crippen LogP contribution in [-0.2, 0) is 0 Å². The predicted octanol–water partition coefficient (Wildman–Crippen LogP) is 8.54. The highest BCUT2D eigenvalue weighted by Gasteiger charge is 2.12. The normalized spacial score (nSPS) is 14.2. The maximum Gasteiger partial charge on any atom is -0.0412 e. The van der Waals surface area contributed by atoms with Gasteiger partial charge in [-0.2, -0.15) is 0 Å². The van der Waals surface area contributed by atoms with Gasteiger partial charge < -0.3 is 0 Å². The van der Waals surface area contributed by atoms with Crippen LogP contribution in [0.1, 0.15) is 130 Å². The van der Waals surface area contributed by atoms with Crippen molar-refractivity contribution < 1.29 is 0 Å². The van der Waals surface area contributed by atoms with E-state index in [0.29, 0.717) is 0 Å². The molecule has 0 saturated carbocycles. The van der Waals surface area contributed by atoms with Gasteiger partial charge in [0.1, 0.15) is 0 Å². The summed E-state index contributed by atoms with van der Waals surface area (Å²) in [4.78, 5) is 0. The Morgan fingerprint density at radius 2 is 1.00 bits per heavy atom. The summed E-state index contributed by atoms with van der Waals surface area (Å²) in [5.41, 5.74) is 0. The zero-order valence-electron chi connectivity index (χ0n) is 16.5. The molecule has 0 rings (SSSR count). The van der Waals surface area contributed by atoms with E-state index in [9.17, 15) is 0 Å². The summed E-state index contributed by atoms with van der Waals surface area (Å²) in [7, 11) is 0. The first kappa shape index (κ1) is 22.0. The molecule has 0 saturated heterocycles. The quantitative estimate of drug-likeness (QED) is 0.236. The number of hydrogen-bond acceptors (Lipinski definition) is 0. The largest absolute Gasteiger partial charge is 0.0654 e. The Bertz CT molecular complexity index is 196. The maximum atomic E-state index is 2.50. The summed E-state index contributed by atoms with van der Waals surface area (Å²) in [6.45, 7) is 9.48. The first-order chi connectivity index (χ1) is 10.7. The fraction of sp³-hybridized carbons (Fsp3) is 1.00. The Hall–Kier alpha value is 0. The van der Waals surface area contributed by atoms with Crippen LogP contribution in [0.3, 0.4) is 0 Å². The van der Waals surface area contributed by atoms with Gasteiger partial charge in [0.05, 0.1) is 0 Å². The third-order valence-electron chi connectivity index (χ3n) is 5.20. The second-order valence-corrected chi connectivity index (χ2v) is 7.75. The van der Waals surface area contributed by atoms with E-state index in [1.54, 1.807) is 0 Å². The first-order valence-corrected chi connectivity index (χ1v) is 10.7. The molecule has 0 heterocycles. The van der Waals surface area contributed by atoms with Gasteiger partial charge in [-0.3, -0.25) is 0 Å². The van der Waals surface area contributed by atoms with Gasteiger partial charge in [-0.1, -0.05) is 124 Å². The summed E-state index contributed by atoms with van der Waals surface area (Å²) >= 11 is 0. The lowest BCUT2D eigenvalue weighted by atomic mass is 9.85. The van der Waals surface area contributed by atoms with E-state index in [-0.39, 0.29) is 0 Å². The van der Waals surface area contributed by atoms with Crippen LogP contribution >= 0.6 is 0 Å². The zero-order chi connectivity index (χ0) is 16.5. The molecule has 0 nitrogen and oxygen atoms in total. The molecule has 134 valence electrons. The van der Waals surface area contributed by atoms with E-state index in [0.717, 1.165) is 11.8 Å². The summed E-state index contributed by atoms with van der Waals surface area (Å²) in [6.07, 6.45) is 23.2. The molecule has 22 heavy (non-hydrogen) atoms. The van der Waals surface area contributed by atoms with Crippen LogP contribution in [0.2, 0.25) is 0 Å². The van der Waals surface area contributed by atoms with Gasteiger partial charge in [0, 0.05) is 0 Å². The van der Waals surface area contributed by atoms with Crippen LogP contribution in [0, 0.1) is 11.8 Å². The van der Waals surface area contributed by atoms with Crippen LogP contribution in [-0.4, -0.2) is 0 Å². The van der Waals surface area contributed by atoms with E-state index >= 15 is 0 Å². The maximum absolute atomic E-state index is 2.50. The second-order valence-electron chi connectivity index (χ2n) is 7.75. The van der Waals surface area contributed by atoms with Crippen molar-refractivity contribution >= 4 is 0 Å². The molecule has 0 radical (unpaired) electrons. The topological polar surface area (TPSA) is 0 Å². The van der Waals surface area contributed by atoms with Crippen molar-refractivity contribution in [2.24, 2.45) is 11.8 Å². The van der Waals surface area contributed by atoms with Gasteiger partial charge >= 0.3 is 0 Å². The Morgan fingerprint density at radius 3 is 1.55 bits per heavy atom. The van der Waals surface area contributed by atoms with Gasteiger partial charge in [-0.15, -0.1) is 0 Å². The molecule has 0 heteroatoms. The molecule has 0 aromatic carbocycles. The lowest BCUT2D eigenvalue weighted by Gasteiger charge is -2.20. The van der Waals surface area contributed by atoms with Gasteiger partial charge in [-0.25, -0.2) is 0 Å². The van der Waals surface area contributed by atoms with Crippen molar-refractivity contribution in [3.05, 3.63) is 0 Å². The standard InChI is InChI=1S/C22H46/c1-5-8-10-12-14-16-19-22(17-7-3)20-21(4)18-15-13-11-9-6-2/h21-22H,5-20H2,1-4H3. The van der Waals surface area contributed by atoms with Crippen molar-refractivity contribution in [3.8, 4) is 0 Å². The molecule has 0 aliphatic rings. The minimum Gasteiger partial charge on any atom is -0.0654 e. The lowest BCUT2D eigenvalue weighted by molar-refractivity contribution is 0.319. The van der Waals surface area contributed by atoms with Crippen LogP contribution in [0.15, 0.2) is 0 Å². The molecule has 0 aromatic heterocycles. The molecular formula is C22H46. The molecule has 0 amide bonds. The third kappa shape index (κ3) is 14.9. The van der Waals surface area contributed by atoms with Crippen molar-refractivity contribution in [2.75, 3.05) is 0 Å². The van der Waals surface area contributed by atoms with Gasteiger partial charge in [0.15, 0.2) is 0 Å². The van der Waals surface area contributed by atoms with E-state index in [1.807, 2.05) is 0 Å². The molecule has 2 unspecified atom stereocenters. The SMILES string of the molecule is CCCCCCCCC(CCC)CC(C)CCCCCCC. The number of unbranched alkanes of at least 4 members (excludes halogenated alkanes) is 9. The Kier molecular flexibility index (Phi) is 17.4. The molecule has 0 aliphatic carbocycles. The van der Waals surface area contributed by atoms with Gasteiger partial charge in [0.2, 0.25) is 0 Å². The molecule has 0 N–H and O–H groups in total. The average Bonchev–Trinajstić information content (AvgIpc) is 2.50. The van der Waals surface area contributed by atoms with E-state index in [1.165, 1.54) is 103 Å². The monoisotopic (exact) mass is 310 g/mol. The van der Waals surface area contributed by atoms with Crippen LogP contribution in [0.5, 0.6) is 0 Å². The summed E-state index contributed by atoms with van der Waals surface area (Å²) < 4.78 is 0. The fourth-order valence-electron chi connectivity index (χ4n) is 3.78. The Balaban J connectivity index is 3.67. The first-order valence-electron chi connectivity index (χ1n) is 10.7. The number of hydrogen-bond donors (Lipinski definition) is 0. The van der Waals surface area contributed by atoms with Crippen molar-refractivity contribution in [3.63, 3.8) is 0 Å². The van der Waals surface area contributed by atoms with Crippen molar-refractivity contribution in [2.45, 2.75) is 130 Å². The second kappa shape index (κ2) is 17.4. The predicted molar refractivity (Wildman–Crippen MR) is 104 cm³/mol. The summed E-state index contributed by atoms with van der Waals surface area (Å²) in [6, 6.07) is 0. The minimum atomic E-state index is 0.957. The van der Waals surface area contributed by atoms with Crippen LogP contribution in [0.25, 0.3) is 0 Å². The summed E-state index contributed by atoms with van der Waals surface area (Å²) in [5, 5.41) is 0. The third-order valence-corrected chi connectivity index (χ3v) is 5.20. The lowest BCUT2D eigenvalue weighted by Crippen LogP contribution is -2.07. The Morgan fingerprint density at radius 1 is 0.500 bits per heavy atom. The Labute approximate surface area is 142 Å². The molecule has 0 aliphatic heterocycles. The molecule has 0 bridgehead atoms. The zero-order valence-corrected chi connectivity index (χ0v) is 16.5. The van der Waals surface area contributed by atoms with E-state index in [2.05, 4.69) is 27.7 Å². The highest BCUT2D eigenvalue weighted by molar-refractivity contribution is 4.65. The van der Waals surface area contributed by atoms with Crippen molar-refractivity contribution in [1.29, 1.82) is 0 Å². The molecule has 0 aromatic rings. The highest BCUT2D eigenvalue weighted by Crippen LogP contribution is 2.26. The highest BCUT2D eigenvalue weighted by atomic mass is 14.2. The molecular weight excluding hydrogens is 264 g/mol. The average molecular weight is 311 g/mol. The van der Waals surface area contributed by atoms with E-state index in [4.69, 9.17) is 0 Å². The van der Waals surface area contributed by atoms with Gasteiger partial charge in [-0.05, 0) is 18.3 Å². The summed E-state index contributed by atoms with van der Waals surface area (Å²) in [5.74, 6) is 1.97. The van der Waals surface area contributed by atoms with Gasteiger partial charge in [0.25, 0.3) is 0 Å². The van der Waals surface area contributed by atoms with Crippen LogP contribution in [0.4, 0.5) is 0 Å². The van der Waals surface area contributed by atoms with Crippen LogP contribution < -0.4 is 0 Å². The molecule has 2 atom stereocenters. The molecule has 0 spiro atoms. The van der Waals surface area contributed by atoms with Crippen molar-refractivity contribution in [1.82, 2.24) is 0 Å². The molecule has 0 fully saturated rings.